The van der Waals surface area contributed by atoms with Gasteiger partial charge in [0, 0.05) is 44.9 Å². The number of fused-ring (bicyclic) bond motifs is 2. The Hall–Kier alpha value is -4.36. The van der Waals surface area contributed by atoms with Gasteiger partial charge in [-0.2, -0.15) is 4.31 Å². The minimum absolute atomic E-state index is 0.0597. The molecule has 4 heterocycles. The molecule has 5 aromatic rings. The summed E-state index contributed by atoms with van der Waals surface area (Å²) in [5.74, 6) is -0.108. The van der Waals surface area contributed by atoms with E-state index in [2.05, 4.69) is 38.5 Å². The van der Waals surface area contributed by atoms with Crippen molar-refractivity contribution in [3.05, 3.63) is 101 Å². The van der Waals surface area contributed by atoms with Crippen LogP contribution in [0.15, 0.2) is 78.1 Å². The van der Waals surface area contributed by atoms with Gasteiger partial charge in [-0.3, -0.25) is 18.9 Å². The molecule has 0 fully saturated rings. The van der Waals surface area contributed by atoms with E-state index in [1.54, 1.807) is 47.0 Å². The van der Waals surface area contributed by atoms with Crippen molar-refractivity contribution in [3.8, 4) is 5.88 Å². The molecule has 0 saturated carbocycles. The number of amides is 1. The molecule has 1 aliphatic rings. The number of benzene rings is 2. The van der Waals surface area contributed by atoms with Crippen molar-refractivity contribution in [1.29, 1.82) is 0 Å². The molecule has 3 aromatic heterocycles. The van der Waals surface area contributed by atoms with E-state index in [-0.39, 0.29) is 41.7 Å². The van der Waals surface area contributed by atoms with Crippen LogP contribution in [0.3, 0.4) is 0 Å². The fraction of sp³-hybridized carbons (Fsp3) is 0.343. The van der Waals surface area contributed by atoms with Crippen molar-refractivity contribution < 1.29 is 18.6 Å². The predicted molar refractivity (Wildman–Crippen MR) is 184 cm³/mol. The van der Waals surface area contributed by atoms with E-state index >= 15 is 0 Å². The fourth-order valence-electron chi connectivity index (χ4n) is 6.18. The average molecular weight is 656 g/mol. The zero-order valence-electron chi connectivity index (χ0n) is 27.4. The van der Waals surface area contributed by atoms with Crippen LogP contribution < -0.4 is 9.64 Å². The number of nitrogens with zero attached hydrogens (tertiary/aromatic N) is 7. The van der Waals surface area contributed by atoms with Gasteiger partial charge in [-0.1, -0.05) is 36.4 Å². The Morgan fingerprint density at radius 2 is 1.91 bits per heavy atom. The van der Waals surface area contributed by atoms with Gasteiger partial charge in [0.1, 0.15) is 16.5 Å². The smallest absolute Gasteiger partial charge is 0.239 e. The topological polar surface area (TPSA) is 130 Å². The molecule has 2 N–H and O–H groups in total. The Labute approximate surface area is 276 Å². The predicted octanol–water partition coefficient (Wildman–Crippen LogP) is 6.74. The van der Waals surface area contributed by atoms with Crippen LogP contribution in [0.25, 0.3) is 11.0 Å². The molecule has 0 bridgehead atoms. The number of aromatic nitrogens is 5. The van der Waals surface area contributed by atoms with Crippen LogP contribution in [0.5, 0.6) is 5.88 Å². The standard InChI is InChI=1S/C35H41N7O4S/c1-6-28-22-41(47(44,45)32-11-9-17-37-35(32)46-28)21-26-18-25(13-12-23(26)3)30(19-33(43)40(5)27-10-8-16-36-20-27)29-14-15-31-34(24(29)4)38-39-42(31)7-2/h8-18,20,28,30,44-45H,6-7,19,21-22H2,1-5H3. The lowest BCUT2D eigenvalue weighted by Gasteiger charge is -2.41. The van der Waals surface area contributed by atoms with Crippen LogP contribution in [-0.2, 0) is 17.9 Å². The molecule has 6 rings (SSSR count). The van der Waals surface area contributed by atoms with E-state index < -0.39 is 10.8 Å². The quantitative estimate of drug-likeness (QED) is 0.177. The fourth-order valence-corrected chi connectivity index (χ4v) is 7.75. The van der Waals surface area contributed by atoms with Gasteiger partial charge in [-0.15, -0.1) is 15.9 Å². The van der Waals surface area contributed by atoms with Crippen LogP contribution in [0.4, 0.5) is 5.69 Å². The maximum atomic E-state index is 13.9. The molecule has 0 saturated heterocycles. The zero-order valence-corrected chi connectivity index (χ0v) is 28.2. The summed E-state index contributed by atoms with van der Waals surface area (Å²) >= 11 is 0. The lowest BCUT2D eigenvalue weighted by molar-refractivity contribution is -0.118. The van der Waals surface area contributed by atoms with Crippen LogP contribution in [-0.4, -0.2) is 64.0 Å². The third kappa shape index (κ3) is 6.33. The van der Waals surface area contributed by atoms with Crippen LogP contribution in [0, 0.1) is 13.8 Å². The number of hydrogen-bond acceptors (Lipinski definition) is 9. The van der Waals surface area contributed by atoms with Gasteiger partial charge in [-0.25, -0.2) is 9.67 Å². The molecule has 2 aromatic carbocycles. The van der Waals surface area contributed by atoms with E-state index in [0.717, 1.165) is 38.9 Å². The van der Waals surface area contributed by atoms with Crippen molar-refractivity contribution in [2.24, 2.45) is 0 Å². The second-order valence-corrected chi connectivity index (χ2v) is 13.9. The number of anilines is 1. The van der Waals surface area contributed by atoms with E-state index in [1.165, 1.54) is 0 Å². The number of carbonyl (C=O) groups is 1. The highest BCUT2D eigenvalue weighted by atomic mass is 32.3. The summed E-state index contributed by atoms with van der Waals surface area (Å²) in [4.78, 5) is 24.3. The molecule has 0 radical (unpaired) electrons. The van der Waals surface area contributed by atoms with E-state index in [4.69, 9.17) is 4.74 Å². The lowest BCUT2D eigenvalue weighted by atomic mass is 9.84. The highest BCUT2D eigenvalue weighted by Gasteiger charge is 2.36. The second kappa shape index (κ2) is 13.4. The Morgan fingerprint density at radius 3 is 2.66 bits per heavy atom. The van der Waals surface area contributed by atoms with E-state index in [9.17, 15) is 13.9 Å². The highest BCUT2D eigenvalue weighted by molar-refractivity contribution is 8.22. The van der Waals surface area contributed by atoms with Crippen molar-refractivity contribution in [2.45, 2.75) is 70.5 Å². The molecular weight excluding hydrogens is 614 g/mol. The SMILES string of the molecule is CCC1CN(Cc2cc(C(CC(=O)N(C)c3cccnc3)c3ccc4c(nnn4CC)c3C)ccc2C)S(O)(O)c2cccnc2O1. The molecule has 2 atom stereocenters. The van der Waals surface area contributed by atoms with Gasteiger partial charge >= 0.3 is 0 Å². The van der Waals surface area contributed by atoms with Gasteiger partial charge in [0.2, 0.25) is 11.8 Å². The third-order valence-electron chi connectivity index (χ3n) is 9.10. The number of aryl methyl sites for hydroxylation is 3. The molecule has 12 heteroatoms. The Bertz CT molecular complexity index is 1900. The molecule has 0 spiro atoms. The van der Waals surface area contributed by atoms with Crippen LogP contribution >= 0.6 is 10.8 Å². The van der Waals surface area contributed by atoms with Gasteiger partial charge in [-0.05, 0) is 85.3 Å². The molecule has 1 aliphatic heterocycles. The molecule has 1 amide bonds. The summed E-state index contributed by atoms with van der Waals surface area (Å²) in [5, 5.41) is 8.83. The van der Waals surface area contributed by atoms with Crippen LogP contribution in [0.2, 0.25) is 0 Å². The van der Waals surface area contributed by atoms with Crippen molar-refractivity contribution in [3.63, 3.8) is 0 Å². The summed E-state index contributed by atoms with van der Waals surface area (Å²) < 4.78 is 32.9. The van der Waals surface area contributed by atoms with E-state index in [1.807, 2.05) is 56.6 Å². The minimum Gasteiger partial charge on any atom is -0.472 e. The summed E-state index contributed by atoms with van der Waals surface area (Å²) in [6.07, 6.45) is 5.58. The molecule has 2 unspecified atom stereocenters. The van der Waals surface area contributed by atoms with Crippen LogP contribution in [0.1, 0.15) is 60.4 Å². The zero-order chi connectivity index (χ0) is 33.3. The lowest BCUT2D eigenvalue weighted by Crippen LogP contribution is -2.34. The van der Waals surface area contributed by atoms with Crippen molar-refractivity contribution in [2.75, 3.05) is 18.5 Å². The Kier molecular flexibility index (Phi) is 9.29. The van der Waals surface area contributed by atoms with Crippen molar-refractivity contribution >= 4 is 33.4 Å². The van der Waals surface area contributed by atoms with Crippen molar-refractivity contribution in [1.82, 2.24) is 29.3 Å². The second-order valence-electron chi connectivity index (χ2n) is 12.0. The third-order valence-corrected chi connectivity index (χ3v) is 11.0. The molecule has 11 nitrogen and oxygen atoms in total. The molecule has 47 heavy (non-hydrogen) atoms. The maximum Gasteiger partial charge on any atom is 0.239 e. The highest BCUT2D eigenvalue weighted by Crippen LogP contribution is 2.57. The first-order chi connectivity index (χ1) is 22.6. The average Bonchev–Trinajstić information content (AvgIpc) is 3.47. The Morgan fingerprint density at radius 1 is 1.11 bits per heavy atom. The first kappa shape index (κ1) is 32.6. The first-order valence-electron chi connectivity index (χ1n) is 15.9. The van der Waals surface area contributed by atoms with Gasteiger partial charge in [0.25, 0.3) is 0 Å². The largest absolute Gasteiger partial charge is 0.472 e. The van der Waals surface area contributed by atoms with Gasteiger partial charge < -0.3 is 9.64 Å². The number of pyridine rings is 2. The number of ether oxygens (including phenoxy) is 1. The Balaban J connectivity index is 1.41. The number of hydrogen-bond donors (Lipinski definition) is 2. The summed E-state index contributed by atoms with van der Waals surface area (Å²) in [7, 11) is -1.63. The number of carbonyl (C=O) groups excluding carboxylic acids is 1. The molecular formula is C35H41N7O4S. The normalized spacial score (nSPS) is 17.4. The van der Waals surface area contributed by atoms with E-state index in [0.29, 0.717) is 25.2 Å². The monoisotopic (exact) mass is 655 g/mol. The first-order valence-corrected chi connectivity index (χ1v) is 17.4. The minimum atomic E-state index is -3.39. The summed E-state index contributed by atoms with van der Waals surface area (Å²) in [6.45, 7) is 9.39. The van der Waals surface area contributed by atoms with Gasteiger partial charge in [0.15, 0.2) is 0 Å². The summed E-state index contributed by atoms with van der Waals surface area (Å²) in [5.41, 5.74) is 7.31. The number of rotatable bonds is 9. The summed E-state index contributed by atoms with van der Waals surface area (Å²) in [6, 6.07) is 17.3. The maximum absolute atomic E-state index is 13.9. The molecule has 0 aliphatic carbocycles. The van der Waals surface area contributed by atoms with Gasteiger partial charge in [0.05, 0.1) is 23.9 Å². The molecule has 246 valence electrons.